The number of anilines is 1. The quantitative estimate of drug-likeness (QED) is 0.300. The number of para-hydroxylation sites is 1. The first-order chi connectivity index (χ1) is 14.2. The summed E-state index contributed by atoms with van der Waals surface area (Å²) in [7, 11) is 0. The highest BCUT2D eigenvalue weighted by Gasteiger charge is 2.26. The van der Waals surface area contributed by atoms with E-state index in [9.17, 15) is 14.4 Å². The molecule has 0 unspecified atom stereocenters. The third-order valence-corrected chi connectivity index (χ3v) is 5.30. The predicted octanol–water partition coefficient (Wildman–Crippen LogP) is 3.45. The average molecular weight is 553 g/mol. The van der Waals surface area contributed by atoms with Gasteiger partial charge in [-0.05, 0) is 64.9 Å². The monoisotopic (exact) mass is 551 g/mol. The van der Waals surface area contributed by atoms with E-state index >= 15 is 0 Å². The molecule has 0 atom stereocenters. The van der Waals surface area contributed by atoms with Crippen LogP contribution in [0, 0.1) is 6.92 Å². The maximum atomic E-state index is 12.3. The number of benzene rings is 2. The van der Waals surface area contributed by atoms with E-state index in [0.717, 1.165) is 5.56 Å². The first-order valence-electron chi connectivity index (χ1n) is 8.60. The largest absolute Gasteiger partial charge is 0.482 e. The van der Waals surface area contributed by atoms with E-state index in [0.29, 0.717) is 25.9 Å². The van der Waals surface area contributed by atoms with Crippen LogP contribution in [0.15, 0.2) is 50.9 Å². The summed E-state index contributed by atoms with van der Waals surface area (Å²) in [6.07, 6.45) is 1.37. The lowest BCUT2D eigenvalue weighted by atomic mass is 10.1. The number of amides is 3. The molecule has 1 aliphatic heterocycles. The van der Waals surface area contributed by atoms with Crippen LogP contribution in [0.2, 0.25) is 0 Å². The summed E-state index contributed by atoms with van der Waals surface area (Å²) in [5.74, 6) is -1.29. The van der Waals surface area contributed by atoms with Crippen LogP contribution in [0.4, 0.5) is 5.69 Å². The molecular formula is C20H15Br2N3O4S. The molecule has 0 spiro atoms. The Hall–Kier alpha value is -2.56. The number of halogens is 2. The van der Waals surface area contributed by atoms with Crippen LogP contribution in [0.25, 0.3) is 6.08 Å². The molecule has 2 aromatic rings. The van der Waals surface area contributed by atoms with Gasteiger partial charge in [0.2, 0.25) is 0 Å². The molecule has 0 aromatic heterocycles. The average Bonchev–Trinajstić information content (AvgIpc) is 2.65. The van der Waals surface area contributed by atoms with E-state index < -0.39 is 11.8 Å². The molecule has 3 amide bonds. The van der Waals surface area contributed by atoms with Gasteiger partial charge in [-0.15, -0.1) is 0 Å². The van der Waals surface area contributed by atoms with Gasteiger partial charge in [-0.2, -0.15) is 0 Å². The van der Waals surface area contributed by atoms with Crippen LogP contribution in [0.3, 0.4) is 0 Å². The summed E-state index contributed by atoms with van der Waals surface area (Å²) < 4.78 is 6.94. The molecule has 1 fully saturated rings. The highest BCUT2D eigenvalue weighted by atomic mass is 79.9. The molecule has 0 aliphatic carbocycles. The van der Waals surface area contributed by atoms with Gasteiger partial charge >= 0.3 is 0 Å². The van der Waals surface area contributed by atoms with Gasteiger partial charge in [0.05, 0.1) is 4.47 Å². The fourth-order valence-electron chi connectivity index (χ4n) is 2.64. The number of thiocarbonyl (C=S) groups is 1. The topological polar surface area (TPSA) is 96.5 Å². The second kappa shape index (κ2) is 9.50. The lowest BCUT2D eigenvalue weighted by Crippen LogP contribution is -2.51. The second-order valence-electron chi connectivity index (χ2n) is 6.25. The summed E-state index contributed by atoms with van der Waals surface area (Å²) in [4.78, 5) is 36.6. The number of carbonyl (C=O) groups is 3. The van der Waals surface area contributed by atoms with Crippen molar-refractivity contribution in [1.29, 1.82) is 0 Å². The molecule has 0 bridgehead atoms. The minimum absolute atomic E-state index is 0.0538. The summed E-state index contributed by atoms with van der Waals surface area (Å²) in [5, 5.41) is 7.48. The number of nitrogens with one attached hydrogen (secondary N) is 3. The van der Waals surface area contributed by atoms with Gasteiger partial charge in [0.1, 0.15) is 11.3 Å². The van der Waals surface area contributed by atoms with Crippen LogP contribution in [-0.4, -0.2) is 29.4 Å². The van der Waals surface area contributed by atoms with E-state index in [-0.39, 0.29) is 23.2 Å². The molecule has 7 nitrogen and oxygen atoms in total. The van der Waals surface area contributed by atoms with Gasteiger partial charge in [-0.3, -0.25) is 25.0 Å². The highest BCUT2D eigenvalue weighted by Crippen LogP contribution is 2.34. The van der Waals surface area contributed by atoms with Crippen molar-refractivity contribution in [3.8, 4) is 5.75 Å². The van der Waals surface area contributed by atoms with Crippen molar-refractivity contribution >= 4 is 78.7 Å². The van der Waals surface area contributed by atoms with Gasteiger partial charge in [0, 0.05) is 15.7 Å². The molecule has 10 heteroatoms. The third-order valence-electron chi connectivity index (χ3n) is 4.05. The van der Waals surface area contributed by atoms with Crippen molar-refractivity contribution in [3.63, 3.8) is 0 Å². The van der Waals surface area contributed by atoms with Crippen LogP contribution < -0.4 is 20.7 Å². The first-order valence-corrected chi connectivity index (χ1v) is 10.6. The number of carbonyl (C=O) groups excluding carboxylic acids is 3. The number of rotatable bonds is 5. The molecule has 0 radical (unpaired) electrons. The maximum absolute atomic E-state index is 12.3. The van der Waals surface area contributed by atoms with Gasteiger partial charge in [-0.25, -0.2) is 0 Å². The summed E-state index contributed by atoms with van der Waals surface area (Å²) in [6.45, 7) is 1.62. The zero-order chi connectivity index (χ0) is 21.8. The van der Waals surface area contributed by atoms with E-state index in [2.05, 4.69) is 47.8 Å². The van der Waals surface area contributed by atoms with Crippen molar-refractivity contribution in [2.24, 2.45) is 0 Å². The van der Waals surface area contributed by atoms with Crippen LogP contribution >= 0.6 is 44.1 Å². The summed E-state index contributed by atoms with van der Waals surface area (Å²) in [5.41, 5.74) is 1.90. The SMILES string of the molecule is Cc1ccccc1NC(=O)COc1c(Br)cc(Br)cc1C=C1C(=O)NC(=S)NC1=O. The Labute approximate surface area is 194 Å². The van der Waals surface area contributed by atoms with E-state index in [4.69, 9.17) is 17.0 Å². The van der Waals surface area contributed by atoms with Crippen molar-refractivity contribution < 1.29 is 19.1 Å². The summed E-state index contributed by atoms with van der Waals surface area (Å²) in [6, 6.07) is 10.8. The Morgan fingerprint density at radius 3 is 2.50 bits per heavy atom. The zero-order valence-corrected chi connectivity index (χ0v) is 19.5. The number of hydrogen-bond acceptors (Lipinski definition) is 5. The molecule has 3 N–H and O–H groups in total. The zero-order valence-electron chi connectivity index (χ0n) is 15.5. The minimum Gasteiger partial charge on any atom is -0.482 e. The van der Waals surface area contributed by atoms with E-state index in [1.165, 1.54) is 6.08 Å². The smallest absolute Gasteiger partial charge is 0.263 e. The van der Waals surface area contributed by atoms with Crippen molar-refractivity contribution in [1.82, 2.24) is 10.6 Å². The highest BCUT2D eigenvalue weighted by molar-refractivity contribution is 9.11. The molecule has 1 heterocycles. The molecule has 0 saturated carbocycles. The molecule has 154 valence electrons. The lowest BCUT2D eigenvalue weighted by molar-refractivity contribution is -0.123. The van der Waals surface area contributed by atoms with Gasteiger partial charge in [0.25, 0.3) is 17.7 Å². The van der Waals surface area contributed by atoms with Crippen LogP contribution in [-0.2, 0) is 14.4 Å². The maximum Gasteiger partial charge on any atom is 0.263 e. The van der Waals surface area contributed by atoms with E-state index in [1.807, 2.05) is 25.1 Å². The first kappa shape index (κ1) is 22.1. The fraction of sp³-hybridized carbons (Fsp3) is 0.100. The Balaban J connectivity index is 1.83. The lowest BCUT2D eigenvalue weighted by Gasteiger charge is -2.17. The third kappa shape index (κ3) is 5.32. The molecule has 3 rings (SSSR count). The second-order valence-corrected chi connectivity index (χ2v) is 8.43. The molecule has 2 aromatic carbocycles. The van der Waals surface area contributed by atoms with Crippen LogP contribution in [0.1, 0.15) is 11.1 Å². The minimum atomic E-state index is -0.622. The normalized spacial score (nSPS) is 13.4. The Kier molecular flexibility index (Phi) is 7.01. The standard InChI is InChI=1S/C20H15Br2N3O4S/c1-10-4-2-3-5-15(10)23-16(26)9-29-17-11(6-12(21)8-14(17)22)7-13-18(27)24-20(30)25-19(13)28/h2-8H,9H2,1H3,(H,23,26)(H2,24,25,27,28,30). The fourth-order valence-corrected chi connectivity index (χ4v) is 4.20. The molecular weight excluding hydrogens is 538 g/mol. The molecule has 1 saturated heterocycles. The van der Waals surface area contributed by atoms with Crippen LogP contribution in [0.5, 0.6) is 5.75 Å². The van der Waals surface area contributed by atoms with Crippen molar-refractivity contribution in [3.05, 3.63) is 62.0 Å². The van der Waals surface area contributed by atoms with Gasteiger partial charge in [-0.1, -0.05) is 34.1 Å². The Morgan fingerprint density at radius 1 is 1.17 bits per heavy atom. The number of ether oxygens (including phenoxy) is 1. The van der Waals surface area contributed by atoms with Crippen molar-refractivity contribution in [2.45, 2.75) is 6.92 Å². The van der Waals surface area contributed by atoms with E-state index in [1.54, 1.807) is 18.2 Å². The molecule has 30 heavy (non-hydrogen) atoms. The Bertz CT molecular complexity index is 1080. The van der Waals surface area contributed by atoms with Crippen molar-refractivity contribution in [2.75, 3.05) is 11.9 Å². The summed E-state index contributed by atoms with van der Waals surface area (Å²) >= 11 is 11.6. The number of hydrogen-bond donors (Lipinski definition) is 3. The predicted molar refractivity (Wildman–Crippen MR) is 124 cm³/mol. The molecule has 1 aliphatic rings. The van der Waals surface area contributed by atoms with Gasteiger partial charge in [0.15, 0.2) is 11.7 Å². The Morgan fingerprint density at radius 2 is 1.83 bits per heavy atom. The number of aryl methyl sites for hydroxylation is 1. The van der Waals surface area contributed by atoms with Gasteiger partial charge < -0.3 is 10.1 Å².